The third-order valence-corrected chi connectivity index (χ3v) is 5.83. The van der Waals surface area contributed by atoms with Crippen molar-refractivity contribution in [2.24, 2.45) is 0 Å². The number of carbonyl (C=O) groups excluding carboxylic acids is 1. The van der Waals surface area contributed by atoms with Gasteiger partial charge in [0.05, 0.1) is 24.3 Å². The van der Waals surface area contributed by atoms with Gasteiger partial charge in [0.15, 0.2) is 11.5 Å². The third kappa shape index (κ3) is 4.98. The summed E-state index contributed by atoms with van der Waals surface area (Å²) in [5.74, 6) is 0.579. The van der Waals surface area contributed by atoms with Gasteiger partial charge in [-0.2, -0.15) is 13.2 Å². The van der Waals surface area contributed by atoms with Crippen LogP contribution in [0.15, 0.2) is 12.3 Å². The fourth-order valence-electron chi connectivity index (χ4n) is 3.49. The van der Waals surface area contributed by atoms with Gasteiger partial charge >= 0.3 is 6.18 Å². The highest BCUT2D eigenvalue weighted by molar-refractivity contribution is 6.37. The summed E-state index contributed by atoms with van der Waals surface area (Å²) in [6.45, 7) is 0.699. The Labute approximate surface area is 187 Å². The molecule has 0 radical (unpaired) electrons. The van der Waals surface area contributed by atoms with E-state index in [9.17, 15) is 18.0 Å². The molecule has 31 heavy (non-hydrogen) atoms. The Kier molecular flexibility index (Phi) is 7.16. The first-order chi connectivity index (χ1) is 14.7. The highest BCUT2D eigenvalue weighted by Crippen LogP contribution is 2.47. The van der Waals surface area contributed by atoms with Crippen molar-refractivity contribution in [1.29, 1.82) is 0 Å². The summed E-state index contributed by atoms with van der Waals surface area (Å²) < 4.78 is 48.9. The van der Waals surface area contributed by atoms with Gasteiger partial charge in [0.1, 0.15) is 11.5 Å². The summed E-state index contributed by atoms with van der Waals surface area (Å²) in [7, 11) is 2.92. The van der Waals surface area contributed by atoms with E-state index in [0.29, 0.717) is 46.5 Å². The van der Waals surface area contributed by atoms with E-state index in [0.717, 1.165) is 17.8 Å². The smallest absolute Gasteiger partial charge is 0.433 e. The molecule has 11 heteroatoms. The molecule has 0 unspecified atom stereocenters. The van der Waals surface area contributed by atoms with E-state index >= 15 is 0 Å². The molecule has 0 bridgehead atoms. The van der Waals surface area contributed by atoms with Crippen molar-refractivity contribution in [3.8, 4) is 11.5 Å². The largest absolute Gasteiger partial charge is 0.491 e. The molecule has 2 heterocycles. The van der Waals surface area contributed by atoms with Gasteiger partial charge < -0.3 is 14.4 Å². The number of fused-ring (bicyclic) bond motifs is 1. The lowest BCUT2D eigenvalue weighted by molar-refractivity contribution is -0.141. The number of carbonyl (C=O) groups is 1. The van der Waals surface area contributed by atoms with Gasteiger partial charge in [0.25, 0.3) is 0 Å². The second-order valence-electron chi connectivity index (χ2n) is 6.93. The number of hydrogen-bond donors (Lipinski definition) is 0. The van der Waals surface area contributed by atoms with Crippen molar-refractivity contribution in [3.05, 3.63) is 45.0 Å². The molecule has 0 saturated carbocycles. The standard InChI is InChI=1S/C20H20Cl2F3N3O3/c1-30-18-16(21)11-7-9-28(10-12(11)17(22)19(18)31-2)15(29)5-3-4-14-26-8-6-13(27-14)20(23,24)25/h6,8H,3-5,7,9-10H2,1-2H3. The van der Waals surface area contributed by atoms with Gasteiger partial charge in [0.2, 0.25) is 5.91 Å². The van der Waals surface area contributed by atoms with Crippen LogP contribution in [-0.2, 0) is 30.4 Å². The number of aryl methyl sites for hydroxylation is 1. The van der Waals surface area contributed by atoms with Crippen LogP contribution in [0.2, 0.25) is 10.0 Å². The topological polar surface area (TPSA) is 64.6 Å². The quantitative estimate of drug-likeness (QED) is 0.601. The number of ether oxygens (including phenoxy) is 2. The van der Waals surface area contributed by atoms with Crippen LogP contribution in [0, 0.1) is 0 Å². The molecule has 2 aromatic rings. The lowest BCUT2D eigenvalue weighted by Crippen LogP contribution is -2.36. The van der Waals surface area contributed by atoms with Gasteiger partial charge in [-0.3, -0.25) is 4.79 Å². The highest BCUT2D eigenvalue weighted by atomic mass is 35.5. The average molecular weight is 478 g/mol. The van der Waals surface area contributed by atoms with Gasteiger partial charge in [-0.25, -0.2) is 9.97 Å². The molecule has 1 aromatic carbocycles. The zero-order valence-electron chi connectivity index (χ0n) is 16.9. The minimum Gasteiger partial charge on any atom is -0.491 e. The fourth-order valence-corrected chi connectivity index (χ4v) is 4.20. The van der Waals surface area contributed by atoms with Crippen molar-refractivity contribution in [2.75, 3.05) is 20.8 Å². The molecule has 1 aliphatic rings. The van der Waals surface area contributed by atoms with Crippen molar-refractivity contribution in [2.45, 2.75) is 38.4 Å². The molecule has 0 aliphatic carbocycles. The van der Waals surface area contributed by atoms with Crippen molar-refractivity contribution in [3.63, 3.8) is 0 Å². The van der Waals surface area contributed by atoms with Crippen LogP contribution in [0.1, 0.15) is 35.5 Å². The van der Waals surface area contributed by atoms with E-state index < -0.39 is 11.9 Å². The van der Waals surface area contributed by atoms with Gasteiger partial charge in [-0.15, -0.1) is 0 Å². The molecule has 168 valence electrons. The van der Waals surface area contributed by atoms with Crippen molar-refractivity contribution >= 4 is 29.1 Å². The van der Waals surface area contributed by atoms with Crippen LogP contribution in [0.5, 0.6) is 11.5 Å². The Morgan fingerprint density at radius 1 is 1.16 bits per heavy atom. The lowest BCUT2D eigenvalue weighted by Gasteiger charge is -2.31. The van der Waals surface area contributed by atoms with Crippen LogP contribution in [0.25, 0.3) is 0 Å². The molecule has 1 aliphatic heterocycles. The summed E-state index contributed by atoms with van der Waals surface area (Å²) >= 11 is 12.9. The minimum absolute atomic E-state index is 0.0540. The fraction of sp³-hybridized carbons (Fsp3) is 0.450. The predicted octanol–water partition coefficient (Wildman–Crippen LogP) is 4.73. The highest BCUT2D eigenvalue weighted by Gasteiger charge is 2.33. The maximum Gasteiger partial charge on any atom is 0.433 e. The van der Waals surface area contributed by atoms with E-state index in [2.05, 4.69) is 9.97 Å². The van der Waals surface area contributed by atoms with E-state index in [1.54, 1.807) is 4.90 Å². The maximum atomic E-state index is 12.8. The van der Waals surface area contributed by atoms with Crippen LogP contribution in [-0.4, -0.2) is 41.5 Å². The first-order valence-electron chi connectivity index (χ1n) is 9.45. The minimum atomic E-state index is -4.53. The molecule has 1 amide bonds. The number of halogens is 5. The number of nitrogens with zero attached hydrogens (tertiary/aromatic N) is 3. The number of alkyl halides is 3. The van der Waals surface area contributed by atoms with Crippen LogP contribution in [0.3, 0.4) is 0 Å². The zero-order chi connectivity index (χ0) is 22.8. The molecule has 0 fully saturated rings. The van der Waals surface area contributed by atoms with E-state index in [1.807, 2.05) is 0 Å². The summed E-state index contributed by atoms with van der Waals surface area (Å²) in [6, 6.07) is 0.817. The van der Waals surface area contributed by atoms with Crippen LogP contribution >= 0.6 is 23.2 Å². The zero-order valence-corrected chi connectivity index (χ0v) is 18.4. The Morgan fingerprint density at radius 2 is 1.81 bits per heavy atom. The van der Waals surface area contributed by atoms with Crippen molar-refractivity contribution in [1.82, 2.24) is 14.9 Å². The lowest BCUT2D eigenvalue weighted by atomic mass is 9.98. The molecule has 0 spiro atoms. The van der Waals surface area contributed by atoms with E-state index in [4.69, 9.17) is 32.7 Å². The summed E-state index contributed by atoms with van der Waals surface area (Å²) in [4.78, 5) is 21.7. The second kappa shape index (κ2) is 9.48. The Balaban J connectivity index is 1.66. The van der Waals surface area contributed by atoms with E-state index in [-0.39, 0.29) is 31.1 Å². The molecule has 0 N–H and O–H groups in total. The van der Waals surface area contributed by atoms with E-state index in [1.165, 1.54) is 14.2 Å². The second-order valence-corrected chi connectivity index (χ2v) is 7.68. The normalized spacial score (nSPS) is 13.7. The Hall–Kier alpha value is -2.26. The molecular weight excluding hydrogens is 458 g/mol. The molecular formula is C20H20Cl2F3N3O3. The number of rotatable bonds is 6. The summed E-state index contributed by atoms with van der Waals surface area (Å²) in [6.07, 6.45) is -2.33. The maximum absolute atomic E-state index is 12.8. The summed E-state index contributed by atoms with van der Waals surface area (Å²) in [5, 5.41) is 0.751. The summed E-state index contributed by atoms with van der Waals surface area (Å²) in [5.41, 5.74) is 0.517. The Morgan fingerprint density at radius 3 is 2.42 bits per heavy atom. The van der Waals surface area contributed by atoms with Crippen LogP contribution in [0.4, 0.5) is 13.2 Å². The number of amides is 1. The van der Waals surface area contributed by atoms with Gasteiger partial charge in [0, 0.05) is 32.1 Å². The average Bonchev–Trinajstić information content (AvgIpc) is 2.75. The third-order valence-electron chi connectivity index (χ3n) is 5.03. The first-order valence-corrected chi connectivity index (χ1v) is 10.2. The number of aromatic nitrogens is 2. The SMILES string of the molecule is COc1c(Cl)c2c(c(Cl)c1OC)CN(C(=O)CCCc1nccc(C(F)(F)F)n1)CC2. The number of benzene rings is 1. The molecule has 0 atom stereocenters. The first kappa shape index (κ1) is 23.4. The molecule has 3 rings (SSSR count). The Bertz CT molecular complexity index is 986. The molecule has 6 nitrogen and oxygen atoms in total. The predicted molar refractivity (Wildman–Crippen MR) is 109 cm³/mol. The molecule has 0 saturated heterocycles. The monoisotopic (exact) mass is 477 g/mol. The van der Waals surface area contributed by atoms with Gasteiger partial charge in [-0.1, -0.05) is 23.2 Å². The van der Waals surface area contributed by atoms with Gasteiger partial charge in [-0.05, 0) is 30.0 Å². The number of methoxy groups -OCH3 is 2. The molecule has 1 aromatic heterocycles. The van der Waals surface area contributed by atoms with Crippen molar-refractivity contribution < 1.29 is 27.4 Å². The number of hydrogen-bond acceptors (Lipinski definition) is 5. The van der Waals surface area contributed by atoms with Crippen LogP contribution < -0.4 is 9.47 Å².